The van der Waals surface area contributed by atoms with Gasteiger partial charge in [0.25, 0.3) is 0 Å². The highest BCUT2D eigenvalue weighted by Gasteiger charge is 2.20. The summed E-state index contributed by atoms with van der Waals surface area (Å²) in [5, 5.41) is 7.96. The molecular formula is C20H27N3O2. The summed E-state index contributed by atoms with van der Waals surface area (Å²) in [7, 11) is 4.00. The van der Waals surface area contributed by atoms with Crippen molar-refractivity contribution in [1.29, 1.82) is 0 Å². The molecule has 0 bridgehead atoms. The molecule has 0 unspecified atom stereocenters. The number of fused-ring (bicyclic) bond motifs is 1. The van der Waals surface area contributed by atoms with E-state index in [0.717, 1.165) is 29.3 Å². The predicted molar refractivity (Wildman–Crippen MR) is 101 cm³/mol. The fourth-order valence-electron chi connectivity index (χ4n) is 2.88. The van der Waals surface area contributed by atoms with E-state index >= 15 is 0 Å². The molecule has 0 saturated carbocycles. The van der Waals surface area contributed by atoms with Gasteiger partial charge in [-0.05, 0) is 43.4 Å². The molecule has 0 aliphatic rings. The SMILES string of the molecule is CC(=O)N[C@H](Cc1cccc2ccccc12)C(=O)NCCCN(C)C. The monoisotopic (exact) mass is 341 g/mol. The fraction of sp³-hybridized carbons (Fsp3) is 0.400. The minimum Gasteiger partial charge on any atom is -0.354 e. The standard InChI is InChI=1S/C20H27N3O2/c1-15(24)22-19(20(25)21-12-7-13-23(2)3)14-17-10-6-9-16-8-4-5-11-18(16)17/h4-6,8-11,19H,7,12-14H2,1-3H3,(H,21,25)(H,22,24)/t19-/m1/s1. The van der Waals surface area contributed by atoms with Crippen LogP contribution in [0.25, 0.3) is 10.8 Å². The van der Waals surface area contributed by atoms with Crippen LogP contribution < -0.4 is 10.6 Å². The van der Waals surface area contributed by atoms with Gasteiger partial charge in [0.15, 0.2) is 0 Å². The van der Waals surface area contributed by atoms with Crippen molar-refractivity contribution < 1.29 is 9.59 Å². The zero-order chi connectivity index (χ0) is 18.2. The summed E-state index contributed by atoms with van der Waals surface area (Å²) in [6.07, 6.45) is 1.35. The second-order valence-electron chi connectivity index (χ2n) is 6.54. The molecule has 0 radical (unpaired) electrons. The number of nitrogens with one attached hydrogen (secondary N) is 2. The average molecular weight is 341 g/mol. The van der Waals surface area contributed by atoms with Gasteiger partial charge in [-0.3, -0.25) is 9.59 Å². The molecule has 2 aromatic rings. The maximum Gasteiger partial charge on any atom is 0.242 e. The first-order valence-corrected chi connectivity index (χ1v) is 8.63. The van der Waals surface area contributed by atoms with E-state index in [1.54, 1.807) is 0 Å². The summed E-state index contributed by atoms with van der Waals surface area (Å²) in [5.41, 5.74) is 1.06. The van der Waals surface area contributed by atoms with Crippen molar-refractivity contribution >= 4 is 22.6 Å². The largest absolute Gasteiger partial charge is 0.354 e. The first-order chi connectivity index (χ1) is 12.0. The predicted octanol–water partition coefficient (Wildman–Crippen LogP) is 1.95. The smallest absolute Gasteiger partial charge is 0.242 e. The lowest BCUT2D eigenvalue weighted by atomic mass is 9.98. The number of hydrogen-bond acceptors (Lipinski definition) is 3. The molecule has 0 aromatic heterocycles. The summed E-state index contributed by atoms with van der Waals surface area (Å²) in [5.74, 6) is -0.337. The molecule has 2 rings (SSSR count). The third-order valence-electron chi connectivity index (χ3n) is 4.08. The van der Waals surface area contributed by atoms with E-state index in [9.17, 15) is 9.59 Å². The zero-order valence-electron chi connectivity index (χ0n) is 15.2. The number of hydrogen-bond donors (Lipinski definition) is 2. The van der Waals surface area contributed by atoms with Gasteiger partial charge >= 0.3 is 0 Å². The Morgan fingerprint density at radius 2 is 1.80 bits per heavy atom. The topological polar surface area (TPSA) is 61.4 Å². The van der Waals surface area contributed by atoms with Crippen molar-refractivity contribution in [1.82, 2.24) is 15.5 Å². The van der Waals surface area contributed by atoms with Gasteiger partial charge in [0.1, 0.15) is 6.04 Å². The Balaban J connectivity index is 2.08. The van der Waals surface area contributed by atoms with Gasteiger partial charge in [-0.2, -0.15) is 0 Å². The average Bonchev–Trinajstić information content (AvgIpc) is 2.57. The van der Waals surface area contributed by atoms with E-state index in [1.807, 2.05) is 56.6 Å². The van der Waals surface area contributed by atoms with Gasteiger partial charge < -0.3 is 15.5 Å². The molecular weight excluding hydrogens is 314 g/mol. The van der Waals surface area contributed by atoms with Crippen LogP contribution in [0.2, 0.25) is 0 Å². The highest BCUT2D eigenvalue weighted by molar-refractivity contribution is 5.89. The molecule has 0 fully saturated rings. The van der Waals surface area contributed by atoms with E-state index in [2.05, 4.69) is 15.5 Å². The molecule has 0 saturated heterocycles. The van der Waals surface area contributed by atoms with Crippen LogP contribution in [0.5, 0.6) is 0 Å². The lowest BCUT2D eigenvalue weighted by Gasteiger charge is -2.19. The van der Waals surface area contributed by atoms with Gasteiger partial charge in [0, 0.05) is 19.9 Å². The normalized spacial score (nSPS) is 12.2. The maximum atomic E-state index is 12.5. The number of carbonyl (C=O) groups is 2. The van der Waals surface area contributed by atoms with Crippen LogP contribution in [0.4, 0.5) is 0 Å². The van der Waals surface area contributed by atoms with Crippen molar-refractivity contribution in [2.75, 3.05) is 27.2 Å². The molecule has 0 spiro atoms. The van der Waals surface area contributed by atoms with E-state index in [1.165, 1.54) is 6.92 Å². The second-order valence-corrected chi connectivity index (χ2v) is 6.54. The Kier molecular flexibility index (Phi) is 6.95. The van der Waals surface area contributed by atoms with Gasteiger partial charge in [0.2, 0.25) is 11.8 Å². The molecule has 2 aromatic carbocycles. The third-order valence-corrected chi connectivity index (χ3v) is 4.08. The van der Waals surface area contributed by atoms with E-state index in [-0.39, 0.29) is 11.8 Å². The van der Waals surface area contributed by atoms with E-state index in [4.69, 9.17) is 0 Å². The van der Waals surface area contributed by atoms with Crippen molar-refractivity contribution in [2.24, 2.45) is 0 Å². The first kappa shape index (κ1) is 18.9. The van der Waals surface area contributed by atoms with Crippen LogP contribution in [0.1, 0.15) is 18.9 Å². The lowest BCUT2D eigenvalue weighted by Crippen LogP contribution is -2.47. The molecule has 5 heteroatoms. The number of carbonyl (C=O) groups excluding carboxylic acids is 2. The van der Waals surface area contributed by atoms with Crippen LogP contribution in [-0.2, 0) is 16.0 Å². The molecule has 2 amide bonds. The third kappa shape index (κ3) is 5.87. The summed E-state index contributed by atoms with van der Waals surface area (Å²) < 4.78 is 0. The minimum absolute atomic E-state index is 0.137. The van der Waals surface area contributed by atoms with Crippen molar-refractivity contribution in [2.45, 2.75) is 25.8 Å². The second kappa shape index (κ2) is 9.18. The van der Waals surface area contributed by atoms with Crippen LogP contribution in [0.3, 0.4) is 0 Å². The van der Waals surface area contributed by atoms with Gasteiger partial charge in [-0.15, -0.1) is 0 Å². The number of rotatable bonds is 8. The molecule has 0 aliphatic carbocycles. The Bertz CT molecular complexity index is 722. The van der Waals surface area contributed by atoms with Crippen LogP contribution >= 0.6 is 0 Å². The summed E-state index contributed by atoms with van der Waals surface area (Å²) >= 11 is 0. The maximum absolute atomic E-state index is 12.5. The quantitative estimate of drug-likeness (QED) is 0.722. The number of nitrogens with zero attached hydrogens (tertiary/aromatic N) is 1. The number of benzene rings is 2. The lowest BCUT2D eigenvalue weighted by molar-refractivity contribution is -0.128. The molecule has 0 heterocycles. The summed E-state index contributed by atoms with van der Waals surface area (Å²) in [6, 6.07) is 13.6. The molecule has 0 aliphatic heterocycles. The molecule has 25 heavy (non-hydrogen) atoms. The Morgan fingerprint density at radius 3 is 2.52 bits per heavy atom. The van der Waals surface area contributed by atoms with Gasteiger partial charge in [0.05, 0.1) is 0 Å². The molecule has 5 nitrogen and oxygen atoms in total. The molecule has 134 valence electrons. The van der Waals surface area contributed by atoms with Gasteiger partial charge in [-0.1, -0.05) is 42.5 Å². The minimum atomic E-state index is -0.567. The van der Waals surface area contributed by atoms with Crippen molar-refractivity contribution in [3.63, 3.8) is 0 Å². The Morgan fingerprint density at radius 1 is 1.08 bits per heavy atom. The fourth-order valence-corrected chi connectivity index (χ4v) is 2.88. The van der Waals surface area contributed by atoms with Crippen LogP contribution in [-0.4, -0.2) is 49.9 Å². The van der Waals surface area contributed by atoms with E-state index in [0.29, 0.717) is 13.0 Å². The first-order valence-electron chi connectivity index (χ1n) is 8.63. The summed E-state index contributed by atoms with van der Waals surface area (Å²) in [4.78, 5) is 26.1. The highest BCUT2D eigenvalue weighted by Crippen LogP contribution is 2.19. The zero-order valence-corrected chi connectivity index (χ0v) is 15.2. The van der Waals surface area contributed by atoms with Crippen LogP contribution in [0, 0.1) is 0 Å². The summed E-state index contributed by atoms with van der Waals surface area (Å²) in [6.45, 7) is 2.95. The van der Waals surface area contributed by atoms with Gasteiger partial charge in [-0.25, -0.2) is 0 Å². The Hall–Kier alpha value is -2.40. The Labute approximate surface area is 149 Å². The highest BCUT2D eigenvalue weighted by atomic mass is 16.2. The van der Waals surface area contributed by atoms with Crippen LogP contribution in [0.15, 0.2) is 42.5 Å². The van der Waals surface area contributed by atoms with Crippen molar-refractivity contribution in [3.8, 4) is 0 Å². The molecule has 1 atom stereocenters. The number of amides is 2. The van der Waals surface area contributed by atoms with E-state index < -0.39 is 6.04 Å². The molecule has 2 N–H and O–H groups in total. The van der Waals surface area contributed by atoms with Crippen molar-refractivity contribution in [3.05, 3.63) is 48.0 Å².